The lowest BCUT2D eigenvalue weighted by Crippen LogP contribution is -2.39. The molecule has 0 spiro atoms. The molecule has 0 unspecified atom stereocenters. The maximum Gasteiger partial charge on any atom is 0.257 e. The minimum Gasteiger partial charge on any atom is -0.484 e. The Balaban J connectivity index is 0.00000450. The monoisotopic (exact) mass is 531 g/mol. The molecule has 0 aliphatic carbocycles. The maximum absolute atomic E-state index is 11.5. The number of hydrogen-bond acceptors (Lipinski definition) is 4. The van der Waals surface area contributed by atoms with Crippen molar-refractivity contribution in [3.8, 4) is 5.75 Å². The second-order valence-electron chi connectivity index (χ2n) is 7.62. The minimum absolute atomic E-state index is 0. The summed E-state index contributed by atoms with van der Waals surface area (Å²) in [6, 6.07) is 7.75. The van der Waals surface area contributed by atoms with Gasteiger partial charge in [-0.2, -0.15) is 0 Å². The van der Waals surface area contributed by atoms with Crippen molar-refractivity contribution < 1.29 is 9.53 Å². The highest BCUT2D eigenvalue weighted by Crippen LogP contribution is 2.15. The Bertz CT molecular complexity index is 648. The Kier molecular flexibility index (Phi) is 13.5. The van der Waals surface area contributed by atoms with Gasteiger partial charge in [-0.25, -0.2) is 0 Å². The molecule has 7 nitrogen and oxygen atoms in total. The number of piperidine rings is 1. The molecule has 30 heavy (non-hydrogen) atoms. The molecule has 2 rings (SSSR count). The van der Waals surface area contributed by atoms with Crippen LogP contribution in [0.15, 0.2) is 29.3 Å². The molecule has 1 aromatic rings. The van der Waals surface area contributed by atoms with Gasteiger partial charge < -0.3 is 25.6 Å². The molecule has 1 aromatic carbocycles. The van der Waals surface area contributed by atoms with E-state index < -0.39 is 0 Å². The average Bonchev–Trinajstić information content (AvgIpc) is 2.73. The number of rotatable bonds is 10. The molecule has 170 valence electrons. The first-order valence-corrected chi connectivity index (χ1v) is 10.8. The summed E-state index contributed by atoms with van der Waals surface area (Å²) in [5.74, 6) is 2.25. The van der Waals surface area contributed by atoms with Gasteiger partial charge in [-0.3, -0.25) is 9.79 Å². The van der Waals surface area contributed by atoms with Crippen molar-refractivity contribution in [2.24, 2.45) is 10.9 Å². The zero-order valence-corrected chi connectivity index (χ0v) is 20.9. The molecule has 1 fully saturated rings. The number of halogens is 1. The van der Waals surface area contributed by atoms with E-state index in [2.05, 4.69) is 32.8 Å². The van der Waals surface area contributed by atoms with Crippen LogP contribution in [0.4, 0.5) is 0 Å². The van der Waals surface area contributed by atoms with Gasteiger partial charge in [-0.05, 0) is 69.4 Å². The largest absolute Gasteiger partial charge is 0.484 e. The Labute approximate surface area is 198 Å². The zero-order valence-electron chi connectivity index (χ0n) is 18.6. The van der Waals surface area contributed by atoms with Gasteiger partial charge in [0.1, 0.15) is 5.75 Å². The Morgan fingerprint density at radius 3 is 2.70 bits per heavy atom. The van der Waals surface area contributed by atoms with Crippen LogP contribution in [-0.4, -0.2) is 63.1 Å². The quantitative estimate of drug-likeness (QED) is 0.187. The Hall–Kier alpha value is -1.55. The van der Waals surface area contributed by atoms with Gasteiger partial charge in [-0.1, -0.05) is 19.1 Å². The van der Waals surface area contributed by atoms with Crippen LogP contribution in [0.5, 0.6) is 5.75 Å². The minimum atomic E-state index is -0.111. The molecule has 0 bridgehead atoms. The van der Waals surface area contributed by atoms with Crippen LogP contribution in [0.25, 0.3) is 0 Å². The summed E-state index contributed by atoms with van der Waals surface area (Å²) in [6.45, 7) is 10.0. The molecule has 1 amide bonds. The van der Waals surface area contributed by atoms with E-state index in [1.165, 1.54) is 25.9 Å². The summed E-state index contributed by atoms with van der Waals surface area (Å²) in [5, 5.41) is 9.44. The summed E-state index contributed by atoms with van der Waals surface area (Å²) in [7, 11) is 1.78. The van der Waals surface area contributed by atoms with E-state index in [9.17, 15) is 4.79 Å². The molecule has 1 aliphatic rings. The number of nitrogens with zero attached hydrogens (tertiary/aromatic N) is 2. The van der Waals surface area contributed by atoms with Gasteiger partial charge in [-0.15, -0.1) is 24.0 Å². The molecular weight excluding hydrogens is 493 g/mol. The number of ether oxygens (including phenoxy) is 1. The predicted octanol–water partition coefficient (Wildman–Crippen LogP) is 2.61. The number of guanidine groups is 1. The first-order chi connectivity index (χ1) is 14.1. The van der Waals surface area contributed by atoms with Crippen LogP contribution in [-0.2, 0) is 11.3 Å². The van der Waals surface area contributed by atoms with Gasteiger partial charge in [0.05, 0.1) is 0 Å². The van der Waals surface area contributed by atoms with Crippen LogP contribution >= 0.6 is 24.0 Å². The summed E-state index contributed by atoms with van der Waals surface area (Å²) in [5.41, 5.74) is 1.07. The van der Waals surface area contributed by atoms with Gasteiger partial charge in [0.15, 0.2) is 12.6 Å². The summed E-state index contributed by atoms with van der Waals surface area (Å²) in [6.07, 6.45) is 3.75. The zero-order chi connectivity index (χ0) is 20.9. The highest BCUT2D eigenvalue weighted by Gasteiger charge is 2.14. The number of likely N-dealkylation sites (tertiary alicyclic amines) is 1. The van der Waals surface area contributed by atoms with Gasteiger partial charge >= 0.3 is 0 Å². The standard InChI is InChI=1S/C22H37N5O2.HI/c1-4-24-21(28)17-29-20-8-5-7-19(15-20)16-26-22(23-3)25-11-6-12-27-13-9-18(2)10-14-27;/h5,7-8,15,18H,4,6,9-14,16-17H2,1-3H3,(H,24,28)(H2,23,25,26);1H. The summed E-state index contributed by atoms with van der Waals surface area (Å²) in [4.78, 5) is 18.4. The van der Waals surface area contributed by atoms with Crippen LogP contribution in [0.1, 0.15) is 38.7 Å². The van der Waals surface area contributed by atoms with E-state index >= 15 is 0 Å². The highest BCUT2D eigenvalue weighted by molar-refractivity contribution is 14.0. The molecular formula is C22H38IN5O2. The molecule has 8 heteroatoms. The normalized spacial score (nSPS) is 15.2. The van der Waals surface area contributed by atoms with Crippen molar-refractivity contribution in [1.29, 1.82) is 0 Å². The van der Waals surface area contributed by atoms with Crippen LogP contribution in [0, 0.1) is 5.92 Å². The molecule has 0 saturated carbocycles. The number of carbonyl (C=O) groups is 1. The van der Waals surface area contributed by atoms with E-state index in [1.54, 1.807) is 7.05 Å². The second-order valence-corrected chi connectivity index (χ2v) is 7.62. The van der Waals surface area contributed by atoms with E-state index in [-0.39, 0.29) is 36.5 Å². The lowest BCUT2D eigenvalue weighted by atomic mass is 9.99. The Morgan fingerprint density at radius 1 is 1.23 bits per heavy atom. The fraction of sp³-hybridized carbons (Fsp3) is 0.636. The van der Waals surface area contributed by atoms with Crippen LogP contribution in [0.2, 0.25) is 0 Å². The fourth-order valence-electron chi connectivity index (χ4n) is 3.34. The molecule has 0 atom stereocenters. The molecule has 1 heterocycles. The van der Waals surface area contributed by atoms with Crippen molar-refractivity contribution in [3.63, 3.8) is 0 Å². The van der Waals surface area contributed by atoms with E-state index in [1.807, 2.05) is 31.2 Å². The number of benzene rings is 1. The number of carbonyl (C=O) groups excluding carboxylic acids is 1. The van der Waals surface area contributed by atoms with Crippen molar-refractivity contribution in [3.05, 3.63) is 29.8 Å². The maximum atomic E-state index is 11.5. The van der Waals surface area contributed by atoms with Crippen molar-refractivity contribution >= 4 is 35.8 Å². The van der Waals surface area contributed by atoms with Crippen molar-refractivity contribution in [2.75, 3.05) is 46.4 Å². The average molecular weight is 531 g/mol. The summed E-state index contributed by atoms with van der Waals surface area (Å²) < 4.78 is 5.55. The van der Waals surface area contributed by atoms with Crippen molar-refractivity contribution in [2.45, 2.75) is 39.7 Å². The van der Waals surface area contributed by atoms with E-state index in [0.717, 1.165) is 37.0 Å². The number of aliphatic imine (C=N–C) groups is 1. The Morgan fingerprint density at radius 2 is 2.00 bits per heavy atom. The van der Waals surface area contributed by atoms with Crippen molar-refractivity contribution in [1.82, 2.24) is 20.9 Å². The van der Waals surface area contributed by atoms with Crippen LogP contribution < -0.4 is 20.7 Å². The van der Waals surface area contributed by atoms with Gasteiger partial charge in [0.2, 0.25) is 0 Å². The lowest BCUT2D eigenvalue weighted by molar-refractivity contribution is -0.122. The SMILES string of the molecule is CCNC(=O)COc1cccc(CNC(=NC)NCCCN2CCC(C)CC2)c1.I. The number of amides is 1. The molecule has 1 aliphatic heterocycles. The fourth-order valence-corrected chi connectivity index (χ4v) is 3.34. The van der Waals surface area contributed by atoms with E-state index in [0.29, 0.717) is 18.8 Å². The molecule has 0 radical (unpaired) electrons. The highest BCUT2D eigenvalue weighted by atomic mass is 127. The number of likely N-dealkylation sites (N-methyl/N-ethyl adjacent to an activating group) is 1. The van der Waals surface area contributed by atoms with Gasteiger partial charge in [0.25, 0.3) is 5.91 Å². The summed E-state index contributed by atoms with van der Waals surface area (Å²) >= 11 is 0. The first-order valence-electron chi connectivity index (χ1n) is 10.8. The third kappa shape index (κ3) is 10.5. The van der Waals surface area contributed by atoms with Gasteiger partial charge in [0, 0.05) is 26.7 Å². The predicted molar refractivity (Wildman–Crippen MR) is 134 cm³/mol. The third-order valence-corrected chi connectivity index (χ3v) is 5.15. The third-order valence-electron chi connectivity index (χ3n) is 5.15. The molecule has 3 N–H and O–H groups in total. The lowest BCUT2D eigenvalue weighted by Gasteiger charge is -2.30. The number of nitrogens with one attached hydrogen (secondary N) is 3. The topological polar surface area (TPSA) is 78.0 Å². The first kappa shape index (κ1) is 26.5. The second kappa shape index (κ2) is 15.3. The molecule has 1 saturated heterocycles. The smallest absolute Gasteiger partial charge is 0.257 e. The van der Waals surface area contributed by atoms with E-state index in [4.69, 9.17) is 4.74 Å². The van der Waals surface area contributed by atoms with Crippen LogP contribution in [0.3, 0.4) is 0 Å². The number of hydrogen-bond donors (Lipinski definition) is 3. The molecule has 0 aromatic heterocycles.